The molecule has 0 saturated carbocycles. The first-order chi connectivity index (χ1) is 22.1. The molecule has 238 valence electrons. The molecule has 4 bridgehead atoms. The lowest BCUT2D eigenvalue weighted by atomic mass is 9.54. The molecule has 10 aliphatic heterocycles. The highest BCUT2D eigenvalue weighted by Crippen LogP contribution is 2.78. The number of nitrogens with one attached hydrogen (secondary N) is 2. The van der Waals surface area contributed by atoms with Crippen LogP contribution in [0.25, 0.3) is 0 Å². The van der Waals surface area contributed by atoms with Crippen LogP contribution in [0.5, 0.6) is 0 Å². The van der Waals surface area contributed by atoms with Gasteiger partial charge in [0, 0.05) is 38.3 Å². The molecule has 12 nitrogen and oxygen atoms in total. The molecule has 7 unspecified atom stereocenters. The van der Waals surface area contributed by atoms with E-state index in [0.717, 1.165) is 22.5 Å². The van der Waals surface area contributed by atoms with Crippen molar-refractivity contribution in [3.63, 3.8) is 0 Å². The Morgan fingerprint density at radius 2 is 1.04 bits per heavy atom. The van der Waals surface area contributed by atoms with Crippen LogP contribution < -0.4 is 10.6 Å². The number of aliphatic hydroxyl groups is 2. The molecule has 10 aliphatic rings. The van der Waals surface area contributed by atoms with Crippen LogP contribution in [0.3, 0.4) is 0 Å². The largest absolute Gasteiger partial charge is 0.392 e. The lowest BCUT2D eigenvalue weighted by molar-refractivity contribution is -0.166. The molecule has 0 aromatic heterocycles. The topological polar surface area (TPSA) is 146 Å². The fourth-order valence-corrected chi connectivity index (χ4v) is 17.2. The minimum Gasteiger partial charge on any atom is -0.392 e. The average Bonchev–Trinajstić information content (AvgIpc) is 3.75. The highest BCUT2D eigenvalue weighted by atomic mass is 33.1. The second-order valence-electron chi connectivity index (χ2n) is 13.3. The normalized spacial score (nSPS) is 43.7. The van der Waals surface area contributed by atoms with Gasteiger partial charge in [-0.1, -0.05) is 58.0 Å². The number of carbonyl (C=O) groups excluding carboxylic acids is 4. The lowest BCUT2D eigenvalue weighted by Crippen LogP contribution is -2.77. The van der Waals surface area contributed by atoms with E-state index in [1.807, 2.05) is 48.5 Å². The monoisotopic (exact) mass is 696 g/mol. The number of likely N-dealkylation sites (N-methyl/N-ethyl adjacent to an activating group) is 2. The van der Waals surface area contributed by atoms with Crippen LogP contribution in [0, 0.1) is 0 Å². The van der Waals surface area contributed by atoms with Gasteiger partial charge in [-0.25, -0.2) is 0 Å². The molecule has 16 heteroatoms. The number of carbonyl (C=O) groups is 4. The van der Waals surface area contributed by atoms with Gasteiger partial charge in [0.1, 0.15) is 12.3 Å². The van der Waals surface area contributed by atoms with Crippen LogP contribution in [0.15, 0.2) is 48.5 Å². The van der Waals surface area contributed by atoms with E-state index in [9.17, 15) is 29.4 Å². The summed E-state index contributed by atoms with van der Waals surface area (Å²) in [6.07, 6.45) is -1.01. The maximum Gasteiger partial charge on any atom is 0.265 e. The first-order valence-electron chi connectivity index (χ1n) is 15.0. The van der Waals surface area contributed by atoms with Gasteiger partial charge in [0.2, 0.25) is 9.74 Å². The zero-order chi connectivity index (χ0) is 31.8. The van der Waals surface area contributed by atoms with Crippen molar-refractivity contribution in [3.8, 4) is 0 Å². The summed E-state index contributed by atoms with van der Waals surface area (Å²) in [5, 5.41) is 28.6. The van der Waals surface area contributed by atoms with E-state index in [1.165, 1.54) is 53.0 Å². The summed E-state index contributed by atoms with van der Waals surface area (Å²) in [4.78, 5) is 59.0. The smallest absolute Gasteiger partial charge is 0.265 e. The van der Waals surface area contributed by atoms with Crippen LogP contribution in [0.1, 0.15) is 24.0 Å². The Bertz CT molecular complexity index is 1740. The lowest BCUT2D eigenvalue weighted by Gasteiger charge is -2.57. The molecule has 2 aromatic carbocycles. The van der Waals surface area contributed by atoms with Crippen molar-refractivity contribution < 1.29 is 29.4 Å². The number of hydrogen-bond acceptors (Lipinski definition) is 12. The predicted octanol–water partition coefficient (Wildman–Crippen LogP) is 1.33. The fourth-order valence-electron chi connectivity index (χ4n) is 9.92. The Hall–Kier alpha value is -2.76. The molecular formula is C30H28N6O6S4. The third-order valence-corrected chi connectivity index (χ3v) is 19.3. The zero-order valence-electron chi connectivity index (χ0n) is 24.6. The number of amides is 4. The highest BCUT2D eigenvalue weighted by Gasteiger charge is 2.87. The van der Waals surface area contributed by atoms with Gasteiger partial charge < -0.3 is 30.6 Å². The van der Waals surface area contributed by atoms with Crippen molar-refractivity contribution in [3.05, 3.63) is 59.7 Å². The van der Waals surface area contributed by atoms with Crippen LogP contribution in [-0.2, 0) is 30.0 Å². The Morgan fingerprint density at radius 1 is 0.652 bits per heavy atom. The van der Waals surface area contributed by atoms with Crippen molar-refractivity contribution in [1.82, 2.24) is 19.6 Å². The van der Waals surface area contributed by atoms with E-state index < -0.39 is 55.9 Å². The predicted molar refractivity (Wildman–Crippen MR) is 175 cm³/mol. The summed E-state index contributed by atoms with van der Waals surface area (Å²) < 4.78 is 0. The molecule has 12 rings (SSSR count). The van der Waals surface area contributed by atoms with Crippen LogP contribution in [0.2, 0.25) is 0 Å². The van der Waals surface area contributed by atoms with E-state index in [-0.39, 0.29) is 36.5 Å². The van der Waals surface area contributed by atoms with E-state index >= 15 is 0 Å². The quantitative estimate of drug-likeness (QED) is 0.344. The first-order valence-corrected chi connectivity index (χ1v) is 19.3. The average molecular weight is 697 g/mol. The molecule has 10 heterocycles. The minimum absolute atomic E-state index is 0.223. The molecule has 0 radical (unpaired) electrons. The Balaban J connectivity index is 1.29. The maximum atomic E-state index is 14.7. The van der Waals surface area contributed by atoms with Gasteiger partial charge in [0.05, 0.1) is 24.0 Å². The van der Waals surface area contributed by atoms with Gasteiger partial charge >= 0.3 is 0 Å². The van der Waals surface area contributed by atoms with E-state index in [0.29, 0.717) is 0 Å². The molecule has 8 fully saturated rings. The number of aliphatic hydroxyl groups excluding tert-OH is 2. The van der Waals surface area contributed by atoms with Crippen molar-refractivity contribution in [2.45, 2.75) is 55.5 Å². The number of rotatable bonds is 3. The zero-order valence-corrected chi connectivity index (χ0v) is 27.8. The third kappa shape index (κ3) is 2.48. The number of piperazine rings is 2. The molecule has 2 aromatic rings. The van der Waals surface area contributed by atoms with E-state index in [4.69, 9.17) is 0 Å². The van der Waals surface area contributed by atoms with Crippen molar-refractivity contribution >= 4 is 78.2 Å². The van der Waals surface area contributed by atoms with Gasteiger partial charge in [-0.05, 0) is 44.8 Å². The molecule has 46 heavy (non-hydrogen) atoms. The maximum absolute atomic E-state index is 14.7. The number of hydrogen-bond donors (Lipinski definition) is 4. The van der Waals surface area contributed by atoms with Crippen molar-refractivity contribution in [2.24, 2.45) is 0 Å². The van der Waals surface area contributed by atoms with Crippen LogP contribution >= 0.6 is 43.2 Å². The number of benzene rings is 2. The number of anilines is 2. The van der Waals surface area contributed by atoms with Crippen LogP contribution in [-0.4, -0.2) is 113 Å². The Kier molecular flexibility index (Phi) is 5.08. The fraction of sp³-hybridized carbons (Fsp3) is 0.467. The SMILES string of the molecule is CN1C(=O)C23CC4(C56C[C@@]78SSC(CO)(C(=O)N7C5Nc5ccccc56)N(C)C8=O)c5ccccc5NC4N2C(=O)C1(CO)SS3. The summed E-state index contributed by atoms with van der Waals surface area (Å²) in [6.45, 7) is -1.07. The number of fused-ring (bicyclic) bond motifs is 11. The summed E-state index contributed by atoms with van der Waals surface area (Å²) in [5.74, 6) is -1.19. The molecule has 4 N–H and O–H groups in total. The van der Waals surface area contributed by atoms with E-state index in [1.54, 1.807) is 23.9 Å². The van der Waals surface area contributed by atoms with E-state index in [2.05, 4.69) is 10.6 Å². The second kappa shape index (κ2) is 8.26. The molecule has 8 atom stereocenters. The summed E-state index contributed by atoms with van der Waals surface area (Å²) in [5.41, 5.74) is 1.45. The molecule has 0 aliphatic carbocycles. The summed E-state index contributed by atoms with van der Waals surface area (Å²) in [6, 6.07) is 15.8. The highest BCUT2D eigenvalue weighted by molar-refractivity contribution is 8.78. The van der Waals surface area contributed by atoms with Gasteiger partial charge in [-0.3, -0.25) is 29.0 Å². The van der Waals surface area contributed by atoms with Gasteiger partial charge in [-0.15, -0.1) is 0 Å². The first kappa shape index (κ1) is 28.3. The number of para-hydroxylation sites is 2. The summed E-state index contributed by atoms with van der Waals surface area (Å²) >= 11 is 0. The second-order valence-corrected chi connectivity index (χ2v) is 18.7. The van der Waals surface area contributed by atoms with Gasteiger partial charge in [0.15, 0.2) is 9.74 Å². The van der Waals surface area contributed by atoms with Gasteiger partial charge in [0.25, 0.3) is 23.6 Å². The van der Waals surface area contributed by atoms with Crippen LogP contribution in [0.4, 0.5) is 11.4 Å². The Morgan fingerprint density at radius 3 is 1.43 bits per heavy atom. The minimum atomic E-state index is -1.47. The standard InChI is InChI=1S/C30H28N6O6S4/c1-33-21(39)27-11-25(15-7-3-5-9-17(15)31-19(25)35(27)23(41)29(33,13-37)45-43-27)26-12-28-22(40)34(2)30(14-38,46-44-28)24(42)36(28)20(26)32-18-10-6-4-8-16(18)26/h3-10,19-20,31-32,37-38H,11-14H2,1-2H3/t19?,20?,25?,26?,27-,28?,29?,30?/m0/s1. The molecule has 2 spiro atoms. The molecule has 4 amide bonds. The third-order valence-electron chi connectivity index (χ3n) is 12.0. The van der Waals surface area contributed by atoms with Crippen molar-refractivity contribution in [1.29, 1.82) is 0 Å². The molecular weight excluding hydrogens is 669 g/mol. The van der Waals surface area contributed by atoms with Gasteiger partial charge in [-0.2, -0.15) is 0 Å². The summed E-state index contributed by atoms with van der Waals surface area (Å²) in [7, 11) is 8.28. The number of nitrogens with zero attached hydrogens (tertiary/aromatic N) is 4. The molecule has 8 saturated heterocycles. The van der Waals surface area contributed by atoms with Crippen molar-refractivity contribution in [2.75, 3.05) is 37.9 Å². The Labute approximate surface area is 279 Å².